The number of hydrogen-bond acceptors (Lipinski definition) is 5. The summed E-state index contributed by atoms with van der Waals surface area (Å²) >= 11 is 0. The van der Waals surface area contributed by atoms with Crippen LogP contribution in [0.2, 0.25) is 0 Å². The molecule has 202 valence electrons. The Bertz CT molecular complexity index is 1680. The van der Waals surface area contributed by atoms with E-state index in [4.69, 9.17) is 4.98 Å². The summed E-state index contributed by atoms with van der Waals surface area (Å²) in [5, 5.41) is 8.23. The van der Waals surface area contributed by atoms with Crippen LogP contribution in [0.3, 0.4) is 0 Å². The van der Waals surface area contributed by atoms with Gasteiger partial charge in [0.15, 0.2) is 11.6 Å². The zero-order valence-electron chi connectivity index (χ0n) is 22.5. The number of hydrogen-bond donors (Lipinski definition) is 3. The Hall–Kier alpha value is -4.85. The summed E-state index contributed by atoms with van der Waals surface area (Å²) in [6.07, 6.45) is 3.58. The number of aromatic nitrogens is 3. The molecule has 0 bridgehead atoms. The molecule has 5 rings (SSSR count). The number of H-pyrrole nitrogens is 1. The SMILES string of the molecule is CC(C)C(=O)CNc1cc(C(=O)NC(C)c2ccc(F)cc2)cc(-c2c[nH]c(-c3cc4ccccc4cn3)n2)c1. The molecular weight excluding hydrogens is 505 g/mol. The maximum Gasteiger partial charge on any atom is 0.251 e. The Kier molecular flexibility index (Phi) is 7.68. The van der Waals surface area contributed by atoms with E-state index in [9.17, 15) is 14.0 Å². The van der Waals surface area contributed by atoms with Gasteiger partial charge in [-0.05, 0) is 54.3 Å². The maximum atomic E-state index is 13.4. The van der Waals surface area contributed by atoms with Crippen molar-refractivity contribution in [3.8, 4) is 22.8 Å². The number of rotatable bonds is 9. The molecule has 1 amide bonds. The van der Waals surface area contributed by atoms with Crippen LogP contribution >= 0.6 is 0 Å². The largest absolute Gasteiger partial charge is 0.378 e. The lowest BCUT2D eigenvalue weighted by Crippen LogP contribution is -2.27. The highest BCUT2D eigenvalue weighted by Crippen LogP contribution is 2.27. The number of anilines is 1. The number of benzene rings is 3. The first-order valence-corrected chi connectivity index (χ1v) is 13.2. The fraction of sp³-hybridized carbons (Fsp3) is 0.188. The average Bonchev–Trinajstić information content (AvgIpc) is 3.46. The lowest BCUT2D eigenvalue weighted by Gasteiger charge is -2.16. The van der Waals surface area contributed by atoms with Crippen molar-refractivity contribution in [2.75, 3.05) is 11.9 Å². The second kappa shape index (κ2) is 11.5. The summed E-state index contributed by atoms with van der Waals surface area (Å²) in [6.45, 7) is 5.68. The fourth-order valence-electron chi connectivity index (χ4n) is 4.33. The smallest absolute Gasteiger partial charge is 0.251 e. The van der Waals surface area contributed by atoms with E-state index >= 15 is 0 Å². The molecule has 7 nitrogen and oxygen atoms in total. The number of amides is 1. The second-order valence-corrected chi connectivity index (χ2v) is 10.1. The Morgan fingerprint density at radius 2 is 1.68 bits per heavy atom. The summed E-state index contributed by atoms with van der Waals surface area (Å²) in [5.41, 5.74) is 3.84. The molecule has 0 spiro atoms. The van der Waals surface area contributed by atoms with Crippen molar-refractivity contribution in [3.63, 3.8) is 0 Å². The van der Waals surface area contributed by atoms with Crippen molar-refractivity contribution in [2.24, 2.45) is 5.92 Å². The lowest BCUT2D eigenvalue weighted by atomic mass is 10.0. The highest BCUT2D eigenvalue weighted by Gasteiger charge is 2.16. The van der Waals surface area contributed by atoms with Gasteiger partial charge in [-0.1, -0.05) is 50.2 Å². The summed E-state index contributed by atoms with van der Waals surface area (Å²) < 4.78 is 13.4. The van der Waals surface area contributed by atoms with Crippen LogP contribution in [-0.2, 0) is 4.79 Å². The van der Waals surface area contributed by atoms with Crippen LogP contribution in [0.5, 0.6) is 0 Å². The number of imidazole rings is 1. The number of nitrogens with zero attached hydrogens (tertiary/aromatic N) is 2. The number of carbonyl (C=O) groups is 2. The summed E-state index contributed by atoms with van der Waals surface area (Å²) in [7, 11) is 0. The highest BCUT2D eigenvalue weighted by molar-refractivity contribution is 5.97. The number of pyridine rings is 1. The standard InChI is InChI=1S/C32H30FN5O2/c1-19(2)30(39)18-34-27-13-24(12-25(14-27)32(40)37-20(3)21-8-10-26(33)11-9-21)29-17-36-31(38-29)28-15-22-6-4-5-7-23(22)16-35-28/h4-17,19-20,34H,18H2,1-3H3,(H,36,38)(H,37,40). The fourth-order valence-corrected chi connectivity index (χ4v) is 4.33. The van der Waals surface area contributed by atoms with Crippen LogP contribution in [-0.4, -0.2) is 33.2 Å². The first-order chi connectivity index (χ1) is 19.3. The molecule has 0 aliphatic heterocycles. The van der Waals surface area contributed by atoms with E-state index < -0.39 is 0 Å². The molecule has 0 aliphatic rings. The molecule has 2 aromatic heterocycles. The van der Waals surface area contributed by atoms with Gasteiger partial charge in [0.1, 0.15) is 11.5 Å². The molecule has 3 N–H and O–H groups in total. The summed E-state index contributed by atoms with van der Waals surface area (Å²) in [4.78, 5) is 38.1. The zero-order chi connectivity index (χ0) is 28.2. The second-order valence-electron chi connectivity index (χ2n) is 10.1. The van der Waals surface area contributed by atoms with Crippen molar-refractivity contribution in [1.29, 1.82) is 0 Å². The first-order valence-electron chi connectivity index (χ1n) is 13.2. The Labute approximate surface area is 231 Å². The Morgan fingerprint density at radius 1 is 0.925 bits per heavy atom. The van der Waals surface area contributed by atoms with Gasteiger partial charge in [0, 0.05) is 40.5 Å². The number of Topliss-reactive ketones (excluding diaryl/α,β-unsaturated/α-hetero) is 1. The predicted molar refractivity (Wildman–Crippen MR) is 155 cm³/mol. The van der Waals surface area contributed by atoms with Gasteiger partial charge in [0.25, 0.3) is 5.91 Å². The van der Waals surface area contributed by atoms with E-state index in [1.807, 2.05) is 63.4 Å². The molecule has 0 radical (unpaired) electrons. The van der Waals surface area contributed by atoms with E-state index in [-0.39, 0.29) is 36.0 Å². The minimum Gasteiger partial charge on any atom is -0.378 e. The van der Waals surface area contributed by atoms with Gasteiger partial charge in [0.05, 0.1) is 18.3 Å². The van der Waals surface area contributed by atoms with Crippen LogP contribution in [0.25, 0.3) is 33.5 Å². The van der Waals surface area contributed by atoms with Crippen LogP contribution in [0.1, 0.15) is 42.7 Å². The molecule has 40 heavy (non-hydrogen) atoms. The molecule has 8 heteroatoms. The van der Waals surface area contributed by atoms with Crippen molar-refractivity contribution < 1.29 is 14.0 Å². The van der Waals surface area contributed by atoms with Crippen LogP contribution in [0.4, 0.5) is 10.1 Å². The zero-order valence-corrected chi connectivity index (χ0v) is 22.5. The molecule has 0 aliphatic carbocycles. The van der Waals surface area contributed by atoms with E-state index in [0.29, 0.717) is 34.0 Å². The minimum atomic E-state index is -0.341. The number of fused-ring (bicyclic) bond motifs is 1. The molecule has 0 saturated carbocycles. The monoisotopic (exact) mass is 535 g/mol. The highest BCUT2D eigenvalue weighted by atomic mass is 19.1. The van der Waals surface area contributed by atoms with Gasteiger partial charge in [-0.3, -0.25) is 14.6 Å². The normalized spacial score (nSPS) is 11.9. The quantitative estimate of drug-likeness (QED) is 0.199. The van der Waals surface area contributed by atoms with Crippen LogP contribution in [0, 0.1) is 11.7 Å². The summed E-state index contributed by atoms with van der Waals surface area (Å²) in [6, 6.07) is 21.0. The summed E-state index contributed by atoms with van der Waals surface area (Å²) in [5.74, 6) is -0.0862. The van der Waals surface area contributed by atoms with Gasteiger partial charge >= 0.3 is 0 Å². The van der Waals surface area contributed by atoms with E-state index in [1.54, 1.807) is 30.5 Å². The topological polar surface area (TPSA) is 99.8 Å². The Balaban J connectivity index is 1.45. The van der Waals surface area contributed by atoms with E-state index in [2.05, 4.69) is 20.6 Å². The van der Waals surface area contributed by atoms with Crippen LogP contribution in [0.15, 0.2) is 85.2 Å². The third kappa shape index (κ3) is 6.07. The number of halogens is 1. The number of ketones is 1. The average molecular weight is 536 g/mol. The molecule has 1 atom stereocenters. The van der Waals surface area contributed by atoms with E-state index in [1.165, 1.54) is 12.1 Å². The Morgan fingerprint density at radius 3 is 2.42 bits per heavy atom. The number of nitrogens with one attached hydrogen (secondary N) is 3. The molecule has 2 heterocycles. The molecular formula is C32H30FN5O2. The van der Waals surface area contributed by atoms with Crippen LogP contribution < -0.4 is 10.6 Å². The predicted octanol–water partition coefficient (Wildman–Crippen LogP) is 6.56. The number of carbonyl (C=O) groups excluding carboxylic acids is 2. The minimum absolute atomic E-state index is 0.0609. The van der Waals surface area contributed by atoms with Crippen molar-refractivity contribution >= 4 is 28.2 Å². The maximum absolute atomic E-state index is 13.4. The van der Waals surface area contributed by atoms with Gasteiger partial charge in [-0.15, -0.1) is 0 Å². The van der Waals surface area contributed by atoms with Gasteiger partial charge in [-0.25, -0.2) is 9.37 Å². The van der Waals surface area contributed by atoms with Gasteiger partial charge in [0.2, 0.25) is 0 Å². The molecule has 0 fully saturated rings. The third-order valence-electron chi connectivity index (χ3n) is 6.77. The molecule has 3 aromatic carbocycles. The van der Waals surface area contributed by atoms with Crippen molar-refractivity contribution in [3.05, 3.63) is 102 Å². The third-order valence-corrected chi connectivity index (χ3v) is 6.77. The van der Waals surface area contributed by atoms with Crippen molar-refractivity contribution in [2.45, 2.75) is 26.8 Å². The lowest BCUT2D eigenvalue weighted by molar-refractivity contribution is -0.120. The molecule has 0 saturated heterocycles. The number of aromatic amines is 1. The van der Waals surface area contributed by atoms with Gasteiger partial charge in [-0.2, -0.15) is 0 Å². The molecule has 1 unspecified atom stereocenters. The molecule has 5 aromatic rings. The van der Waals surface area contributed by atoms with E-state index in [0.717, 1.165) is 16.3 Å². The van der Waals surface area contributed by atoms with Gasteiger partial charge < -0.3 is 15.6 Å². The van der Waals surface area contributed by atoms with Crippen molar-refractivity contribution in [1.82, 2.24) is 20.3 Å². The first kappa shape index (κ1) is 26.7.